The molecule has 128 valence electrons. The van der Waals surface area contributed by atoms with Gasteiger partial charge in [0.15, 0.2) is 0 Å². The molecule has 0 amide bonds. The molecule has 0 radical (unpaired) electrons. The molecule has 0 saturated carbocycles. The molecule has 2 heterocycles. The van der Waals surface area contributed by atoms with Crippen LogP contribution in [0.3, 0.4) is 0 Å². The van der Waals surface area contributed by atoms with Crippen LogP contribution in [0.15, 0.2) is 41.7 Å². The van der Waals surface area contributed by atoms with Crippen LogP contribution in [0.2, 0.25) is 0 Å². The predicted molar refractivity (Wildman–Crippen MR) is 98.1 cm³/mol. The van der Waals surface area contributed by atoms with Crippen molar-refractivity contribution in [3.63, 3.8) is 0 Å². The van der Waals surface area contributed by atoms with E-state index < -0.39 is 0 Å². The van der Waals surface area contributed by atoms with Gasteiger partial charge in [-0.25, -0.2) is 4.98 Å². The fraction of sp³-hybridized carbons (Fsp3) is 0.444. The normalized spacial score (nSPS) is 18.0. The molecule has 0 spiro atoms. The third kappa shape index (κ3) is 4.26. The lowest BCUT2D eigenvalue weighted by Crippen LogP contribution is -2.32. The molecule has 1 aromatic heterocycles. The first-order valence-corrected chi connectivity index (χ1v) is 9.54. The molecule has 3 rings (SSSR count). The Balaban J connectivity index is 1.67. The number of aliphatic hydroxyl groups is 1. The number of hydrogen-bond donors (Lipinski definition) is 2. The topological polar surface area (TPSA) is 61.3 Å². The van der Waals surface area contributed by atoms with Crippen LogP contribution in [0, 0.1) is 0 Å². The summed E-state index contributed by atoms with van der Waals surface area (Å²) in [5, 5.41) is 13.8. The highest BCUT2D eigenvalue weighted by Gasteiger charge is 2.24. The summed E-state index contributed by atoms with van der Waals surface area (Å²) in [5.41, 5.74) is 2.57. The average molecular weight is 344 g/mol. The maximum absolute atomic E-state index is 9.51. The van der Waals surface area contributed by atoms with Crippen molar-refractivity contribution in [3.8, 4) is 0 Å². The Bertz CT molecular complexity index is 667. The van der Waals surface area contributed by atoms with Crippen molar-refractivity contribution < 1.29 is 5.11 Å². The number of anilines is 1. The lowest BCUT2D eigenvalue weighted by molar-refractivity contribution is 0.153. The monoisotopic (exact) mass is 344 g/mol. The third-order valence-electron chi connectivity index (χ3n) is 4.48. The zero-order chi connectivity index (χ0) is 16.8. The first-order chi connectivity index (χ1) is 11.8. The molecule has 2 N–H and O–H groups in total. The first-order valence-electron chi connectivity index (χ1n) is 8.31. The van der Waals surface area contributed by atoms with Gasteiger partial charge in [0.25, 0.3) is 0 Å². The molecule has 1 aromatic carbocycles. The highest BCUT2D eigenvalue weighted by atomic mass is 32.2. The van der Waals surface area contributed by atoms with E-state index in [-0.39, 0.29) is 6.61 Å². The molecule has 1 saturated heterocycles. The number of aromatic nitrogens is 2. The zero-order valence-corrected chi connectivity index (χ0v) is 14.8. The molecule has 0 bridgehead atoms. The lowest BCUT2D eigenvalue weighted by atomic mass is 10.1. The summed E-state index contributed by atoms with van der Waals surface area (Å²) in [6.07, 6.45) is 7.78. The summed E-state index contributed by atoms with van der Waals surface area (Å²) in [6.45, 7) is 2.92. The Morgan fingerprint density at radius 2 is 2.12 bits per heavy atom. The molecule has 1 aliphatic rings. The van der Waals surface area contributed by atoms with Gasteiger partial charge in [-0.2, -0.15) is 0 Å². The van der Waals surface area contributed by atoms with Crippen LogP contribution in [0.5, 0.6) is 0 Å². The molecule has 6 heteroatoms. The van der Waals surface area contributed by atoms with Gasteiger partial charge in [0, 0.05) is 19.1 Å². The van der Waals surface area contributed by atoms with Gasteiger partial charge in [-0.05, 0) is 36.8 Å². The van der Waals surface area contributed by atoms with Gasteiger partial charge in [0.1, 0.15) is 10.8 Å². The van der Waals surface area contributed by atoms with E-state index in [1.54, 1.807) is 24.2 Å². The van der Waals surface area contributed by atoms with Crippen molar-refractivity contribution in [1.29, 1.82) is 0 Å². The molecule has 1 atom stereocenters. The lowest BCUT2D eigenvalue weighted by Gasteiger charge is -2.24. The van der Waals surface area contributed by atoms with Gasteiger partial charge in [-0.1, -0.05) is 24.3 Å². The molecule has 1 fully saturated rings. The fourth-order valence-corrected chi connectivity index (χ4v) is 3.49. The molecule has 2 aromatic rings. The van der Waals surface area contributed by atoms with Crippen LogP contribution in [0.25, 0.3) is 0 Å². The van der Waals surface area contributed by atoms with E-state index in [0.29, 0.717) is 6.04 Å². The highest BCUT2D eigenvalue weighted by Crippen LogP contribution is 2.22. The average Bonchev–Trinajstić information content (AvgIpc) is 3.08. The molecule has 0 unspecified atom stereocenters. The summed E-state index contributed by atoms with van der Waals surface area (Å²) >= 11 is 1.59. The van der Waals surface area contributed by atoms with Crippen molar-refractivity contribution in [3.05, 3.63) is 47.8 Å². The Morgan fingerprint density at radius 3 is 2.92 bits per heavy atom. The van der Waals surface area contributed by atoms with Gasteiger partial charge in [0.05, 0.1) is 19.0 Å². The van der Waals surface area contributed by atoms with Crippen molar-refractivity contribution in [2.24, 2.45) is 0 Å². The smallest absolute Gasteiger partial charge is 0.146 e. The number of nitrogens with one attached hydrogen (secondary N) is 1. The molecular formula is C18H24N4OS. The Kier molecular flexibility index (Phi) is 6.07. The largest absolute Gasteiger partial charge is 0.395 e. The maximum Gasteiger partial charge on any atom is 0.146 e. The molecule has 1 aliphatic heterocycles. The van der Waals surface area contributed by atoms with E-state index in [2.05, 4.69) is 44.5 Å². The van der Waals surface area contributed by atoms with E-state index in [9.17, 15) is 5.11 Å². The summed E-state index contributed by atoms with van der Waals surface area (Å²) in [7, 11) is 0. The second-order valence-corrected chi connectivity index (χ2v) is 6.84. The Hall–Kier alpha value is -1.63. The zero-order valence-electron chi connectivity index (χ0n) is 14.0. The minimum absolute atomic E-state index is 0.248. The van der Waals surface area contributed by atoms with Gasteiger partial charge in [-0.15, -0.1) is 11.8 Å². The SMILES string of the molecule is CSc1cncc(NCc2ccccc2CN2CCC[C@@H]2CO)n1. The Morgan fingerprint density at radius 1 is 1.29 bits per heavy atom. The number of benzene rings is 1. The predicted octanol–water partition coefficient (Wildman–Crippen LogP) is 2.77. The highest BCUT2D eigenvalue weighted by molar-refractivity contribution is 7.98. The second-order valence-electron chi connectivity index (χ2n) is 6.02. The molecule has 5 nitrogen and oxygen atoms in total. The van der Waals surface area contributed by atoms with E-state index in [1.807, 2.05) is 6.26 Å². The van der Waals surface area contributed by atoms with Gasteiger partial charge in [-0.3, -0.25) is 9.88 Å². The van der Waals surface area contributed by atoms with Crippen molar-refractivity contribution in [1.82, 2.24) is 14.9 Å². The fourth-order valence-electron chi connectivity index (χ4n) is 3.13. The number of thioether (sulfide) groups is 1. The van der Waals surface area contributed by atoms with Crippen molar-refractivity contribution in [2.75, 3.05) is 24.7 Å². The number of aliphatic hydroxyl groups excluding tert-OH is 1. The Labute approximate surface area is 147 Å². The van der Waals surface area contributed by atoms with Crippen molar-refractivity contribution in [2.45, 2.75) is 37.0 Å². The van der Waals surface area contributed by atoms with Gasteiger partial charge < -0.3 is 10.4 Å². The minimum atomic E-state index is 0.248. The maximum atomic E-state index is 9.51. The first kappa shape index (κ1) is 17.2. The van der Waals surface area contributed by atoms with Crippen LogP contribution >= 0.6 is 11.8 Å². The number of likely N-dealkylation sites (tertiary alicyclic amines) is 1. The van der Waals surface area contributed by atoms with E-state index in [4.69, 9.17) is 0 Å². The van der Waals surface area contributed by atoms with Crippen LogP contribution in [0.1, 0.15) is 24.0 Å². The van der Waals surface area contributed by atoms with Crippen LogP contribution in [0.4, 0.5) is 5.82 Å². The third-order valence-corrected chi connectivity index (χ3v) is 5.10. The quantitative estimate of drug-likeness (QED) is 0.753. The summed E-state index contributed by atoms with van der Waals surface area (Å²) in [5.74, 6) is 0.797. The van der Waals surface area contributed by atoms with Gasteiger partial charge >= 0.3 is 0 Å². The summed E-state index contributed by atoms with van der Waals surface area (Å²) in [6, 6.07) is 8.77. The second kappa shape index (κ2) is 8.46. The number of hydrogen-bond acceptors (Lipinski definition) is 6. The number of rotatable bonds is 7. The van der Waals surface area contributed by atoms with Crippen LogP contribution < -0.4 is 5.32 Å². The van der Waals surface area contributed by atoms with E-state index in [1.165, 1.54) is 17.5 Å². The summed E-state index contributed by atoms with van der Waals surface area (Å²) in [4.78, 5) is 11.1. The van der Waals surface area contributed by atoms with Crippen molar-refractivity contribution >= 4 is 17.6 Å². The number of nitrogens with zero attached hydrogens (tertiary/aromatic N) is 3. The standard InChI is InChI=1S/C18H24N4OS/c1-24-18-11-19-10-17(21-18)20-9-14-5-2-3-6-15(14)12-22-8-4-7-16(22)13-23/h2-3,5-6,10-11,16,23H,4,7-9,12-13H2,1H3,(H,20,21)/t16-/m1/s1. The van der Waals surface area contributed by atoms with Gasteiger partial charge in [0.2, 0.25) is 0 Å². The van der Waals surface area contributed by atoms with Crippen LogP contribution in [-0.4, -0.2) is 45.4 Å². The summed E-state index contributed by atoms with van der Waals surface area (Å²) < 4.78 is 0. The van der Waals surface area contributed by atoms with Crippen LogP contribution in [-0.2, 0) is 13.1 Å². The molecular weight excluding hydrogens is 320 g/mol. The van der Waals surface area contributed by atoms with E-state index in [0.717, 1.165) is 36.9 Å². The molecule has 0 aliphatic carbocycles. The van der Waals surface area contributed by atoms with E-state index >= 15 is 0 Å². The minimum Gasteiger partial charge on any atom is -0.395 e. The molecule has 24 heavy (non-hydrogen) atoms.